The lowest BCUT2D eigenvalue weighted by molar-refractivity contribution is -0.132. The highest BCUT2D eigenvalue weighted by molar-refractivity contribution is 5.96. The number of amides is 2. The Morgan fingerprint density at radius 1 is 1.03 bits per heavy atom. The van der Waals surface area contributed by atoms with E-state index in [0.29, 0.717) is 23.3 Å². The van der Waals surface area contributed by atoms with Crippen LogP contribution in [-0.2, 0) is 16.1 Å². The first kappa shape index (κ1) is 25.3. The van der Waals surface area contributed by atoms with E-state index in [-0.39, 0.29) is 18.5 Å². The average Bonchev–Trinajstić information content (AvgIpc) is 3.35. The van der Waals surface area contributed by atoms with Gasteiger partial charge in [0.1, 0.15) is 0 Å². The van der Waals surface area contributed by atoms with Crippen molar-refractivity contribution in [1.82, 2.24) is 34.7 Å². The van der Waals surface area contributed by atoms with Crippen LogP contribution in [0.5, 0.6) is 0 Å². The molecule has 1 aromatic carbocycles. The number of carbonyl (C=O) groups excluding carboxylic acids is 2. The van der Waals surface area contributed by atoms with Gasteiger partial charge in [0.25, 0.3) is 0 Å². The molecule has 196 valence electrons. The summed E-state index contributed by atoms with van der Waals surface area (Å²) < 4.78 is 4.97. The van der Waals surface area contributed by atoms with E-state index in [2.05, 4.69) is 30.2 Å². The summed E-state index contributed by atoms with van der Waals surface area (Å²) >= 11 is 0. The standard InChI is InChI=1S/C27H30N8O3/c1-3-23(36)35-12-10-34(11-13-35)17-20-7-6-18(16-30-20)19-14-21(25-28-8-5-9-29-25)24-22(15-19)31-26(32-24)33-27(37)38-4-2/h5-9,14-16H,3-4,10-13,17H2,1-2H3,(H2,31,32,33,37). The molecule has 1 aliphatic heterocycles. The topological polar surface area (TPSA) is 129 Å². The number of carbonyl (C=O) groups is 2. The average molecular weight is 515 g/mol. The van der Waals surface area contributed by atoms with E-state index in [4.69, 9.17) is 9.72 Å². The third-order valence-corrected chi connectivity index (χ3v) is 6.47. The Balaban J connectivity index is 1.38. The van der Waals surface area contributed by atoms with Crippen molar-refractivity contribution in [2.24, 2.45) is 0 Å². The summed E-state index contributed by atoms with van der Waals surface area (Å²) in [5, 5.41) is 2.62. The first-order valence-electron chi connectivity index (χ1n) is 12.7. The lowest BCUT2D eigenvalue weighted by atomic mass is 10.0. The van der Waals surface area contributed by atoms with Gasteiger partial charge in [0.05, 0.1) is 23.3 Å². The summed E-state index contributed by atoms with van der Waals surface area (Å²) in [5.41, 5.74) is 4.91. The van der Waals surface area contributed by atoms with Crippen molar-refractivity contribution in [3.63, 3.8) is 0 Å². The Morgan fingerprint density at radius 3 is 2.50 bits per heavy atom. The maximum atomic E-state index is 11.9. The van der Waals surface area contributed by atoms with Gasteiger partial charge in [-0.25, -0.2) is 19.7 Å². The van der Waals surface area contributed by atoms with E-state index in [1.165, 1.54) is 0 Å². The molecule has 2 N–H and O–H groups in total. The Morgan fingerprint density at radius 2 is 1.82 bits per heavy atom. The predicted octanol–water partition coefficient (Wildman–Crippen LogP) is 3.70. The van der Waals surface area contributed by atoms with Crippen LogP contribution in [-0.4, -0.2) is 79.5 Å². The highest BCUT2D eigenvalue weighted by Crippen LogP contribution is 2.32. The molecule has 2 amide bonds. The second-order valence-corrected chi connectivity index (χ2v) is 8.97. The number of ether oxygens (including phenoxy) is 1. The van der Waals surface area contributed by atoms with Gasteiger partial charge in [-0.1, -0.05) is 13.0 Å². The van der Waals surface area contributed by atoms with E-state index >= 15 is 0 Å². The number of hydrogen-bond acceptors (Lipinski definition) is 8. The van der Waals surface area contributed by atoms with Gasteiger partial charge in [-0.3, -0.25) is 20.0 Å². The van der Waals surface area contributed by atoms with E-state index in [0.717, 1.165) is 55.1 Å². The molecule has 4 aromatic rings. The van der Waals surface area contributed by atoms with E-state index < -0.39 is 6.09 Å². The summed E-state index contributed by atoms with van der Waals surface area (Å²) in [6.45, 7) is 7.83. The number of aromatic amines is 1. The van der Waals surface area contributed by atoms with Crippen molar-refractivity contribution in [1.29, 1.82) is 0 Å². The van der Waals surface area contributed by atoms with Crippen molar-refractivity contribution in [2.75, 3.05) is 38.1 Å². The highest BCUT2D eigenvalue weighted by Gasteiger charge is 2.20. The lowest BCUT2D eigenvalue weighted by Gasteiger charge is -2.34. The Hall–Kier alpha value is -4.38. The number of H-pyrrole nitrogens is 1. The molecule has 1 fully saturated rings. The third-order valence-electron chi connectivity index (χ3n) is 6.47. The van der Waals surface area contributed by atoms with Crippen LogP contribution in [0, 0.1) is 0 Å². The fourth-order valence-electron chi connectivity index (χ4n) is 4.51. The Bertz CT molecular complexity index is 1410. The molecule has 1 saturated heterocycles. The molecule has 4 heterocycles. The van der Waals surface area contributed by atoms with E-state index in [9.17, 15) is 9.59 Å². The van der Waals surface area contributed by atoms with Gasteiger partial charge in [0.2, 0.25) is 11.9 Å². The van der Waals surface area contributed by atoms with Crippen LogP contribution < -0.4 is 5.32 Å². The number of benzene rings is 1. The summed E-state index contributed by atoms with van der Waals surface area (Å²) in [4.78, 5) is 49.3. The number of imidazole rings is 1. The van der Waals surface area contributed by atoms with Crippen molar-refractivity contribution < 1.29 is 14.3 Å². The minimum absolute atomic E-state index is 0.213. The Labute approximate surface area is 220 Å². The largest absolute Gasteiger partial charge is 0.450 e. The van der Waals surface area contributed by atoms with Crippen LogP contribution in [0.15, 0.2) is 48.9 Å². The molecular formula is C27H30N8O3. The number of nitrogens with zero attached hydrogens (tertiary/aromatic N) is 6. The maximum absolute atomic E-state index is 11.9. The molecule has 0 spiro atoms. The zero-order valence-corrected chi connectivity index (χ0v) is 21.5. The highest BCUT2D eigenvalue weighted by atomic mass is 16.5. The van der Waals surface area contributed by atoms with Crippen LogP contribution in [0.4, 0.5) is 10.7 Å². The van der Waals surface area contributed by atoms with Gasteiger partial charge in [-0.15, -0.1) is 0 Å². The van der Waals surface area contributed by atoms with Gasteiger partial charge < -0.3 is 14.6 Å². The molecule has 3 aromatic heterocycles. The summed E-state index contributed by atoms with van der Waals surface area (Å²) in [5.74, 6) is 1.03. The zero-order chi connectivity index (χ0) is 26.5. The second kappa shape index (κ2) is 11.3. The SMILES string of the molecule is CCOC(=O)Nc1nc2cc(-c3ccc(CN4CCN(C(=O)CC)CC4)nc3)cc(-c3ncccn3)c2[nH]1. The van der Waals surface area contributed by atoms with Crippen LogP contribution in [0.1, 0.15) is 26.0 Å². The first-order valence-corrected chi connectivity index (χ1v) is 12.7. The number of fused-ring (bicyclic) bond motifs is 1. The fourth-order valence-corrected chi connectivity index (χ4v) is 4.51. The normalized spacial score (nSPS) is 14.0. The van der Waals surface area contributed by atoms with E-state index in [1.54, 1.807) is 25.4 Å². The molecular weight excluding hydrogens is 484 g/mol. The van der Waals surface area contributed by atoms with Gasteiger partial charge in [-0.05, 0) is 36.8 Å². The van der Waals surface area contributed by atoms with Crippen molar-refractivity contribution >= 4 is 29.0 Å². The molecule has 11 heteroatoms. The smallest absolute Gasteiger partial charge is 0.413 e. The van der Waals surface area contributed by atoms with Crippen molar-refractivity contribution in [3.05, 3.63) is 54.6 Å². The summed E-state index contributed by atoms with van der Waals surface area (Å²) in [7, 11) is 0. The summed E-state index contributed by atoms with van der Waals surface area (Å²) in [6.07, 6.45) is 5.19. The van der Waals surface area contributed by atoms with Crippen LogP contribution in [0.25, 0.3) is 33.5 Å². The van der Waals surface area contributed by atoms with E-state index in [1.807, 2.05) is 42.3 Å². The van der Waals surface area contributed by atoms with Crippen LogP contribution in [0.2, 0.25) is 0 Å². The van der Waals surface area contributed by atoms with Gasteiger partial charge in [0, 0.05) is 68.9 Å². The maximum Gasteiger partial charge on any atom is 0.413 e. The number of piperazine rings is 1. The third kappa shape index (κ3) is 5.62. The minimum atomic E-state index is -0.581. The van der Waals surface area contributed by atoms with Crippen molar-refractivity contribution in [3.8, 4) is 22.5 Å². The molecule has 0 bridgehead atoms. The van der Waals surface area contributed by atoms with Crippen LogP contribution >= 0.6 is 0 Å². The number of nitrogens with one attached hydrogen (secondary N) is 2. The van der Waals surface area contributed by atoms with Gasteiger partial charge >= 0.3 is 6.09 Å². The number of anilines is 1. The first-order chi connectivity index (χ1) is 18.5. The molecule has 5 rings (SSSR count). The molecule has 11 nitrogen and oxygen atoms in total. The predicted molar refractivity (Wildman–Crippen MR) is 143 cm³/mol. The van der Waals surface area contributed by atoms with Gasteiger partial charge in [-0.2, -0.15) is 0 Å². The quantitative estimate of drug-likeness (QED) is 0.382. The van der Waals surface area contributed by atoms with Gasteiger partial charge in [0.15, 0.2) is 5.82 Å². The number of hydrogen-bond donors (Lipinski definition) is 2. The summed E-state index contributed by atoms with van der Waals surface area (Å²) in [6, 6.07) is 9.76. The molecule has 1 aliphatic rings. The fraction of sp³-hybridized carbons (Fsp3) is 0.333. The zero-order valence-electron chi connectivity index (χ0n) is 21.5. The lowest BCUT2D eigenvalue weighted by Crippen LogP contribution is -2.48. The molecule has 0 aliphatic carbocycles. The van der Waals surface area contributed by atoms with Crippen LogP contribution in [0.3, 0.4) is 0 Å². The number of aromatic nitrogens is 5. The van der Waals surface area contributed by atoms with Crippen molar-refractivity contribution in [2.45, 2.75) is 26.8 Å². The monoisotopic (exact) mass is 514 g/mol. The molecule has 0 atom stereocenters. The molecule has 38 heavy (non-hydrogen) atoms. The molecule has 0 unspecified atom stereocenters. The molecule has 0 radical (unpaired) electrons. The second-order valence-electron chi connectivity index (χ2n) is 8.97. The Kier molecular flexibility index (Phi) is 7.55. The molecule has 0 saturated carbocycles. The minimum Gasteiger partial charge on any atom is -0.450 e. The number of rotatable bonds is 7. The number of pyridine rings is 1.